The standard InChI is InChI=1S/C16H18N2O2/c1-2-3-4-5-8-12-11-13-15(16(19)20-12)17-14-9-6-7-10-18(13)14/h6-7,9-11H,2-5,8H2,1H3. The van der Waals surface area contributed by atoms with Crippen molar-refractivity contribution >= 4 is 16.7 Å². The molecule has 4 nitrogen and oxygen atoms in total. The Morgan fingerprint density at radius 1 is 1.25 bits per heavy atom. The first-order valence-corrected chi connectivity index (χ1v) is 7.19. The Labute approximate surface area is 117 Å². The molecule has 0 unspecified atom stereocenters. The van der Waals surface area contributed by atoms with Crippen LogP contribution in [0.4, 0.5) is 0 Å². The van der Waals surface area contributed by atoms with Gasteiger partial charge in [-0.1, -0.05) is 32.3 Å². The number of aromatic nitrogens is 2. The van der Waals surface area contributed by atoms with Gasteiger partial charge in [0.15, 0.2) is 5.52 Å². The van der Waals surface area contributed by atoms with E-state index in [1.165, 1.54) is 19.3 Å². The van der Waals surface area contributed by atoms with E-state index >= 15 is 0 Å². The summed E-state index contributed by atoms with van der Waals surface area (Å²) in [6.07, 6.45) is 7.39. The van der Waals surface area contributed by atoms with Crippen LogP contribution in [0, 0.1) is 0 Å². The molecule has 0 amide bonds. The summed E-state index contributed by atoms with van der Waals surface area (Å²) < 4.78 is 7.30. The van der Waals surface area contributed by atoms with E-state index in [0.29, 0.717) is 5.52 Å². The minimum Gasteiger partial charge on any atom is -0.426 e. The van der Waals surface area contributed by atoms with Crippen LogP contribution in [-0.2, 0) is 6.42 Å². The van der Waals surface area contributed by atoms with Crippen molar-refractivity contribution in [3.05, 3.63) is 46.6 Å². The second kappa shape index (κ2) is 5.49. The molecule has 0 aromatic carbocycles. The molecular weight excluding hydrogens is 252 g/mol. The first kappa shape index (κ1) is 12.9. The summed E-state index contributed by atoms with van der Waals surface area (Å²) in [5, 5.41) is 0. The Balaban J connectivity index is 1.99. The molecule has 4 heteroatoms. The van der Waals surface area contributed by atoms with Gasteiger partial charge in [0, 0.05) is 18.7 Å². The largest absolute Gasteiger partial charge is 0.426 e. The zero-order chi connectivity index (χ0) is 13.9. The monoisotopic (exact) mass is 270 g/mol. The molecule has 3 aromatic heterocycles. The lowest BCUT2D eigenvalue weighted by molar-refractivity contribution is 0.455. The average molecular weight is 270 g/mol. The highest BCUT2D eigenvalue weighted by atomic mass is 16.4. The topological polar surface area (TPSA) is 47.5 Å². The van der Waals surface area contributed by atoms with Gasteiger partial charge in [0.25, 0.3) is 0 Å². The SMILES string of the molecule is CCCCCCc1cc2c(nc3ccccn32)c(=O)o1. The van der Waals surface area contributed by atoms with Gasteiger partial charge in [-0.15, -0.1) is 0 Å². The molecule has 0 fully saturated rings. The lowest BCUT2D eigenvalue weighted by atomic mass is 10.1. The van der Waals surface area contributed by atoms with E-state index in [0.717, 1.165) is 29.8 Å². The van der Waals surface area contributed by atoms with Gasteiger partial charge in [-0.05, 0) is 18.6 Å². The predicted octanol–water partition coefficient (Wildman–Crippen LogP) is 3.56. The summed E-state index contributed by atoms with van der Waals surface area (Å²) in [7, 11) is 0. The van der Waals surface area contributed by atoms with Crippen LogP contribution in [0.15, 0.2) is 39.7 Å². The molecule has 104 valence electrons. The van der Waals surface area contributed by atoms with Crippen molar-refractivity contribution in [3.8, 4) is 0 Å². The molecule has 0 aliphatic rings. The predicted molar refractivity (Wildman–Crippen MR) is 79.1 cm³/mol. The number of aryl methyl sites for hydroxylation is 1. The molecule has 0 atom stereocenters. The fourth-order valence-corrected chi connectivity index (χ4v) is 2.50. The van der Waals surface area contributed by atoms with Gasteiger partial charge in [-0.25, -0.2) is 9.78 Å². The maximum absolute atomic E-state index is 12.0. The molecule has 3 aromatic rings. The summed E-state index contributed by atoms with van der Waals surface area (Å²) in [5.41, 5.74) is 1.69. The molecule has 3 heterocycles. The van der Waals surface area contributed by atoms with Crippen LogP contribution in [0.3, 0.4) is 0 Å². The molecule has 0 spiro atoms. The highest BCUT2D eigenvalue weighted by molar-refractivity contribution is 5.79. The van der Waals surface area contributed by atoms with Crippen LogP contribution in [-0.4, -0.2) is 9.38 Å². The first-order valence-electron chi connectivity index (χ1n) is 7.19. The second-order valence-electron chi connectivity index (χ2n) is 5.09. The second-order valence-corrected chi connectivity index (χ2v) is 5.09. The average Bonchev–Trinajstić information content (AvgIpc) is 2.83. The van der Waals surface area contributed by atoms with Crippen molar-refractivity contribution in [1.82, 2.24) is 9.38 Å². The highest BCUT2D eigenvalue weighted by Gasteiger charge is 2.10. The number of unbranched alkanes of at least 4 members (excludes halogenated alkanes) is 3. The Bertz CT molecular complexity index is 786. The van der Waals surface area contributed by atoms with Gasteiger partial charge in [0.1, 0.15) is 11.4 Å². The van der Waals surface area contributed by atoms with Crippen LogP contribution in [0.2, 0.25) is 0 Å². The van der Waals surface area contributed by atoms with Gasteiger partial charge >= 0.3 is 5.63 Å². The van der Waals surface area contributed by atoms with Crippen LogP contribution in [0.1, 0.15) is 38.4 Å². The lowest BCUT2D eigenvalue weighted by Gasteiger charge is -2.00. The van der Waals surface area contributed by atoms with Crippen LogP contribution in [0.25, 0.3) is 16.7 Å². The number of pyridine rings is 1. The molecule has 0 bridgehead atoms. The number of imidazole rings is 1. The van der Waals surface area contributed by atoms with Gasteiger partial charge in [0.2, 0.25) is 0 Å². The molecule has 0 radical (unpaired) electrons. The van der Waals surface area contributed by atoms with Gasteiger partial charge in [-0.3, -0.25) is 4.40 Å². The number of hydrogen-bond donors (Lipinski definition) is 0. The van der Waals surface area contributed by atoms with Crippen molar-refractivity contribution < 1.29 is 4.42 Å². The van der Waals surface area contributed by atoms with E-state index in [1.807, 2.05) is 34.9 Å². The van der Waals surface area contributed by atoms with E-state index < -0.39 is 0 Å². The third-order valence-electron chi connectivity index (χ3n) is 3.56. The smallest absolute Gasteiger partial charge is 0.364 e. The minimum absolute atomic E-state index is 0.336. The third-order valence-corrected chi connectivity index (χ3v) is 3.56. The Morgan fingerprint density at radius 3 is 3.00 bits per heavy atom. The molecule has 20 heavy (non-hydrogen) atoms. The first-order chi connectivity index (χ1) is 9.79. The Hall–Kier alpha value is -2.10. The van der Waals surface area contributed by atoms with E-state index in [-0.39, 0.29) is 5.63 Å². The molecule has 0 aliphatic heterocycles. The Morgan fingerprint density at radius 2 is 2.15 bits per heavy atom. The number of rotatable bonds is 5. The minimum atomic E-state index is -0.336. The maximum Gasteiger partial charge on any atom is 0.364 e. The number of nitrogens with zero attached hydrogens (tertiary/aromatic N) is 2. The summed E-state index contributed by atoms with van der Waals surface area (Å²) in [6, 6.07) is 7.68. The molecule has 3 rings (SSSR count). The van der Waals surface area contributed by atoms with Gasteiger partial charge in [0.05, 0.1) is 5.52 Å². The third kappa shape index (κ3) is 2.33. The molecule has 0 N–H and O–H groups in total. The maximum atomic E-state index is 12.0. The van der Waals surface area contributed by atoms with E-state index in [1.54, 1.807) is 0 Å². The summed E-state index contributed by atoms with van der Waals surface area (Å²) in [4.78, 5) is 16.3. The van der Waals surface area contributed by atoms with Crippen molar-refractivity contribution in [2.45, 2.75) is 39.0 Å². The van der Waals surface area contributed by atoms with Crippen molar-refractivity contribution in [2.24, 2.45) is 0 Å². The fourth-order valence-electron chi connectivity index (χ4n) is 2.50. The zero-order valence-electron chi connectivity index (χ0n) is 11.6. The van der Waals surface area contributed by atoms with Crippen LogP contribution in [0.5, 0.6) is 0 Å². The summed E-state index contributed by atoms with van der Waals surface area (Å²) >= 11 is 0. The number of hydrogen-bond acceptors (Lipinski definition) is 3. The van der Waals surface area contributed by atoms with Crippen molar-refractivity contribution in [3.63, 3.8) is 0 Å². The highest BCUT2D eigenvalue weighted by Crippen LogP contribution is 2.16. The van der Waals surface area contributed by atoms with Crippen molar-refractivity contribution in [2.75, 3.05) is 0 Å². The van der Waals surface area contributed by atoms with Crippen LogP contribution >= 0.6 is 0 Å². The Kier molecular flexibility index (Phi) is 3.54. The quantitative estimate of drug-likeness (QED) is 0.666. The van der Waals surface area contributed by atoms with Gasteiger partial charge in [-0.2, -0.15) is 0 Å². The van der Waals surface area contributed by atoms with Gasteiger partial charge < -0.3 is 4.42 Å². The van der Waals surface area contributed by atoms with E-state index in [4.69, 9.17) is 4.42 Å². The molecule has 0 aliphatic carbocycles. The summed E-state index contributed by atoms with van der Waals surface area (Å²) in [5.74, 6) is 0.754. The van der Waals surface area contributed by atoms with E-state index in [2.05, 4.69) is 11.9 Å². The summed E-state index contributed by atoms with van der Waals surface area (Å²) in [6.45, 7) is 2.19. The normalized spacial score (nSPS) is 11.4. The van der Waals surface area contributed by atoms with E-state index in [9.17, 15) is 4.79 Å². The van der Waals surface area contributed by atoms with Crippen LogP contribution < -0.4 is 5.63 Å². The lowest BCUT2D eigenvalue weighted by Crippen LogP contribution is -2.02. The molecular formula is C16H18N2O2. The van der Waals surface area contributed by atoms with Crippen molar-refractivity contribution in [1.29, 1.82) is 0 Å². The zero-order valence-corrected chi connectivity index (χ0v) is 11.6. The molecule has 0 saturated carbocycles. The fraction of sp³-hybridized carbons (Fsp3) is 0.375. The number of fused-ring (bicyclic) bond motifs is 3. The molecule has 0 saturated heterocycles.